The number of aromatic nitrogens is 2. The zero-order valence-corrected chi connectivity index (χ0v) is 10.2. The fraction of sp³-hybridized carbons (Fsp3) is 0.750. The van der Waals surface area contributed by atoms with E-state index in [0.29, 0.717) is 6.04 Å². The molecule has 0 aliphatic carbocycles. The molecule has 94 valence electrons. The standard InChI is InChI=1S/C12H20N4O/c1-15-6-4-14-12(15)11(13)10-7-16-5-2-3-9(16)8-17-10/h4,6,9-11H,2-3,5,7-8,13H2,1H3. The number of fused-ring (bicyclic) bond motifs is 1. The lowest BCUT2D eigenvalue weighted by Gasteiger charge is -2.37. The molecule has 0 aromatic carbocycles. The van der Waals surface area contributed by atoms with Crippen molar-refractivity contribution in [2.75, 3.05) is 19.7 Å². The van der Waals surface area contributed by atoms with Gasteiger partial charge in [0.25, 0.3) is 0 Å². The molecule has 0 radical (unpaired) electrons. The van der Waals surface area contributed by atoms with E-state index in [1.807, 2.05) is 17.8 Å². The molecule has 2 saturated heterocycles. The number of imidazole rings is 1. The molecular formula is C12H20N4O. The second-order valence-corrected chi connectivity index (χ2v) is 5.08. The van der Waals surface area contributed by atoms with Crippen LogP contribution in [0.3, 0.4) is 0 Å². The Kier molecular flexibility index (Phi) is 2.90. The molecule has 2 aliphatic rings. The highest BCUT2D eigenvalue weighted by Gasteiger charge is 2.36. The van der Waals surface area contributed by atoms with Crippen LogP contribution in [0.1, 0.15) is 24.7 Å². The molecule has 2 fully saturated rings. The van der Waals surface area contributed by atoms with Gasteiger partial charge in [-0.3, -0.25) is 4.90 Å². The quantitative estimate of drug-likeness (QED) is 0.801. The monoisotopic (exact) mass is 236 g/mol. The van der Waals surface area contributed by atoms with E-state index >= 15 is 0 Å². The Balaban J connectivity index is 1.71. The van der Waals surface area contributed by atoms with Crippen LogP contribution < -0.4 is 5.73 Å². The van der Waals surface area contributed by atoms with Gasteiger partial charge in [0.05, 0.1) is 18.8 Å². The summed E-state index contributed by atoms with van der Waals surface area (Å²) in [5.41, 5.74) is 6.26. The Labute approximate surface area is 102 Å². The van der Waals surface area contributed by atoms with Crippen LogP contribution in [0.4, 0.5) is 0 Å². The van der Waals surface area contributed by atoms with Gasteiger partial charge in [-0.05, 0) is 19.4 Å². The van der Waals surface area contributed by atoms with Gasteiger partial charge >= 0.3 is 0 Å². The lowest BCUT2D eigenvalue weighted by Crippen LogP contribution is -2.50. The smallest absolute Gasteiger partial charge is 0.128 e. The Bertz CT molecular complexity index is 392. The largest absolute Gasteiger partial charge is 0.373 e. The third-order valence-corrected chi connectivity index (χ3v) is 3.97. The number of ether oxygens (including phenoxy) is 1. The molecule has 3 rings (SSSR count). The molecule has 2 aliphatic heterocycles. The summed E-state index contributed by atoms with van der Waals surface area (Å²) < 4.78 is 7.89. The van der Waals surface area contributed by atoms with Crippen LogP contribution in [0.15, 0.2) is 12.4 Å². The predicted molar refractivity (Wildman–Crippen MR) is 64.5 cm³/mol. The first kappa shape index (κ1) is 11.2. The van der Waals surface area contributed by atoms with Crippen molar-refractivity contribution in [3.05, 3.63) is 18.2 Å². The third-order valence-electron chi connectivity index (χ3n) is 3.97. The number of aryl methyl sites for hydroxylation is 1. The molecule has 1 aromatic heterocycles. The second-order valence-electron chi connectivity index (χ2n) is 5.08. The van der Waals surface area contributed by atoms with Gasteiger partial charge in [0, 0.05) is 32.0 Å². The number of nitrogens with zero attached hydrogens (tertiary/aromatic N) is 3. The van der Waals surface area contributed by atoms with Crippen molar-refractivity contribution >= 4 is 0 Å². The lowest BCUT2D eigenvalue weighted by molar-refractivity contribution is -0.0610. The van der Waals surface area contributed by atoms with E-state index in [0.717, 1.165) is 19.0 Å². The van der Waals surface area contributed by atoms with Crippen molar-refractivity contribution in [1.82, 2.24) is 14.5 Å². The maximum Gasteiger partial charge on any atom is 0.128 e. The molecule has 1 aromatic rings. The van der Waals surface area contributed by atoms with Crippen LogP contribution in [0, 0.1) is 0 Å². The number of nitrogens with two attached hydrogens (primary N) is 1. The Morgan fingerprint density at radius 1 is 1.59 bits per heavy atom. The first-order valence-corrected chi connectivity index (χ1v) is 6.34. The van der Waals surface area contributed by atoms with Crippen LogP contribution >= 0.6 is 0 Å². The van der Waals surface area contributed by atoms with Gasteiger partial charge in [0.2, 0.25) is 0 Å². The minimum atomic E-state index is -0.128. The summed E-state index contributed by atoms with van der Waals surface area (Å²) in [4.78, 5) is 6.83. The van der Waals surface area contributed by atoms with E-state index in [1.54, 1.807) is 6.20 Å². The zero-order chi connectivity index (χ0) is 11.8. The van der Waals surface area contributed by atoms with Crippen LogP contribution in [0.2, 0.25) is 0 Å². The van der Waals surface area contributed by atoms with Gasteiger partial charge in [0.1, 0.15) is 5.82 Å². The maximum absolute atomic E-state index is 6.26. The van der Waals surface area contributed by atoms with E-state index in [2.05, 4.69) is 9.88 Å². The normalized spacial score (nSPS) is 31.4. The Morgan fingerprint density at radius 3 is 3.24 bits per heavy atom. The van der Waals surface area contributed by atoms with Gasteiger partial charge in [-0.15, -0.1) is 0 Å². The highest BCUT2D eigenvalue weighted by molar-refractivity contribution is 5.02. The van der Waals surface area contributed by atoms with Crippen molar-refractivity contribution in [3.63, 3.8) is 0 Å². The summed E-state index contributed by atoms with van der Waals surface area (Å²) in [7, 11) is 1.98. The predicted octanol–water partition coefficient (Wildman–Crippen LogP) is 0.283. The van der Waals surface area contributed by atoms with Crippen LogP contribution in [0.5, 0.6) is 0 Å². The second kappa shape index (κ2) is 4.40. The van der Waals surface area contributed by atoms with E-state index in [1.165, 1.54) is 19.4 Å². The molecule has 0 spiro atoms. The van der Waals surface area contributed by atoms with Crippen molar-refractivity contribution in [2.45, 2.75) is 31.0 Å². The first-order chi connectivity index (χ1) is 8.25. The minimum Gasteiger partial charge on any atom is -0.373 e. The molecule has 0 amide bonds. The van der Waals surface area contributed by atoms with E-state index < -0.39 is 0 Å². The third kappa shape index (κ3) is 1.99. The summed E-state index contributed by atoms with van der Waals surface area (Å²) in [6.07, 6.45) is 6.35. The molecule has 5 nitrogen and oxygen atoms in total. The van der Waals surface area contributed by atoms with Crippen LogP contribution in [-0.2, 0) is 11.8 Å². The Morgan fingerprint density at radius 2 is 2.47 bits per heavy atom. The van der Waals surface area contributed by atoms with E-state index in [-0.39, 0.29) is 12.1 Å². The summed E-state index contributed by atoms with van der Waals surface area (Å²) in [6.45, 7) is 2.96. The van der Waals surface area contributed by atoms with Crippen molar-refractivity contribution in [1.29, 1.82) is 0 Å². The summed E-state index contributed by atoms with van der Waals surface area (Å²) >= 11 is 0. The summed E-state index contributed by atoms with van der Waals surface area (Å²) in [6, 6.07) is 0.497. The molecule has 0 bridgehead atoms. The van der Waals surface area contributed by atoms with Gasteiger partial charge in [0.15, 0.2) is 0 Å². The maximum atomic E-state index is 6.26. The molecule has 5 heteroatoms. The van der Waals surface area contributed by atoms with Crippen molar-refractivity contribution < 1.29 is 4.74 Å². The SMILES string of the molecule is Cn1ccnc1C(N)C1CN2CCCC2CO1. The molecule has 17 heavy (non-hydrogen) atoms. The average molecular weight is 236 g/mol. The lowest BCUT2D eigenvalue weighted by atomic mass is 10.1. The molecule has 3 heterocycles. The van der Waals surface area contributed by atoms with Gasteiger partial charge in [-0.1, -0.05) is 0 Å². The fourth-order valence-corrected chi connectivity index (χ4v) is 2.92. The number of hydrogen-bond acceptors (Lipinski definition) is 4. The molecule has 2 N–H and O–H groups in total. The van der Waals surface area contributed by atoms with Crippen molar-refractivity contribution in [2.24, 2.45) is 12.8 Å². The number of morpholine rings is 1. The fourth-order valence-electron chi connectivity index (χ4n) is 2.92. The minimum absolute atomic E-state index is 0.0745. The highest BCUT2D eigenvalue weighted by atomic mass is 16.5. The molecule has 3 atom stereocenters. The van der Waals surface area contributed by atoms with Gasteiger partial charge < -0.3 is 15.0 Å². The topological polar surface area (TPSA) is 56.3 Å². The average Bonchev–Trinajstić information content (AvgIpc) is 2.95. The Hall–Kier alpha value is -0.910. The molecule has 3 unspecified atom stereocenters. The molecule has 0 saturated carbocycles. The van der Waals surface area contributed by atoms with Gasteiger partial charge in [-0.25, -0.2) is 4.98 Å². The summed E-state index contributed by atoms with van der Waals surface area (Å²) in [5, 5.41) is 0. The highest BCUT2D eigenvalue weighted by Crippen LogP contribution is 2.26. The van der Waals surface area contributed by atoms with Crippen LogP contribution in [-0.4, -0.2) is 46.3 Å². The van der Waals surface area contributed by atoms with E-state index in [4.69, 9.17) is 10.5 Å². The number of hydrogen-bond donors (Lipinski definition) is 1. The van der Waals surface area contributed by atoms with E-state index in [9.17, 15) is 0 Å². The van der Waals surface area contributed by atoms with Crippen molar-refractivity contribution in [3.8, 4) is 0 Å². The molecular weight excluding hydrogens is 216 g/mol. The zero-order valence-electron chi connectivity index (χ0n) is 10.2. The number of rotatable bonds is 2. The van der Waals surface area contributed by atoms with Gasteiger partial charge in [-0.2, -0.15) is 0 Å². The summed E-state index contributed by atoms with van der Waals surface area (Å²) in [5.74, 6) is 0.910. The van der Waals surface area contributed by atoms with Crippen LogP contribution in [0.25, 0.3) is 0 Å². The first-order valence-electron chi connectivity index (χ1n) is 6.34.